The number of benzene rings is 1. The van der Waals surface area contributed by atoms with Crippen molar-refractivity contribution in [3.8, 4) is 0 Å². The number of imidazole rings is 1. The average molecular weight is 661 g/mol. The zero-order valence-corrected chi connectivity index (χ0v) is 25.2. The number of phosphoric ester groups is 1. The highest BCUT2D eigenvalue weighted by atomic mass is 31.3. The van der Waals surface area contributed by atoms with Crippen molar-refractivity contribution in [2.24, 2.45) is 0 Å². The summed E-state index contributed by atoms with van der Waals surface area (Å²) in [6.07, 6.45) is -3.97. The predicted octanol–water partition coefficient (Wildman–Crippen LogP) is -1.44. The zero-order chi connectivity index (χ0) is 31.6. The number of anilines is 1. The maximum Gasteiger partial charge on any atom is 0.272 e. The minimum Gasteiger partial charge on any atom is -0.799 e. The van der Waals surface area contributed by atoms with Crippen molar-refractivity contribution in [3.63, 3.8) is 0 Å². The van der Waals surface area contributed by atoms with Crippen LogP contribution in [0.1, 0.15) is 24.3 Å². The molecule has 1 amide bonds. The highest BCUT2D eigenvalue weighted by molar-refractivity contribution is 7.74. The Balaban J connectivity index is 1.32. The standard InChI is InChI=1S/C22H31N6O12P3/c1-13(29)24-7-6-14-2-4-15(5-3-14)9-41(32,33)12-42(34,35)40-43(36,37)38-8-16-18(30)19(31)22(39-16)28-11-27-17-20(23)25-10-26-21(17)28/h2-5,10-11,16,18-19,22,30-31H,6-9,12H2,1H3,(H,24,29)(H,32,33)(H,34,35)(H,36,37)(H2,23,25,26)/p-3. The van der Waals surface area contributed by atoms with Crippen LogP contribution in [0.2, 0.25) is 0 Å². The van der Waals surface area contributed by atoms with Crippen LogP contribution in [0.15, 0.2) is 36.9 Å². The van der Waals surface area contributed by atoms with Gasteiger partial charge in [-0.2, -0.15) is 0 Å². The van der Waals surface area contributed by atoms with Crippen molar-refractivity contribution in [2.45, 2.75) is 44.0 Å². The second kappa shape index (κ2) is 13.2. The van der Waals surface area contributed by atoms with Gasteiger partial charge in [-0.1, -0.05) is 24.3 Å². The number of aliphatic hydroxyl groups excluding tert-OH is 2. The number of hydrogen-bond acceptors (Lipinski definition) is 16. The first-order valence-corrected chi connectivity index (χ1v) is 17.8. The van der Waals surface area contributed by atoms with E-state index in [4.69, 9.17) is 10.5 Å². The third kappa shape index (κ3) is 8.75. The second-order valence-corrected chi connectivity index (χ2v) is 15.8. The molecular weight excluding hydrogens is 633 g/mol. The number of carbonyl (C=O) groups is 1. The molecule has 1 aliphatic rings. The van der Waals surface area contributed by atoms with Gasteiger partial charge in [0.25, 0.3) is 7.82 Å². The highest BCUT2D eigenvalue weighted by Gasteiger charge is 2.45. The second-order valence-electron chi connectivity index (χ2n) is 9.73. The molecule has 2 aromatic heterocycles. The van der Waals surface area contributed by atoms with Crippen LogP contribution in [0.4, 0.5) is 5.82 Å². The average Bonchev–Trinajstić information content (AvgIpc) is 3.44. The van der Waals surface area contributed by atoms with Crippen LogP contribution in [0.3, 0.4) is 0 Å². The van der Waals surface area contributed by atoms with Crippen LogP contribution in [0.5, 0.6) is 0 Å². The summed E-state index contributed by atoms with van der Waals surface area (Å²) >= 11 is 0. The fraction of sp³-hybridized carbons (Fsp3) is 0.455. The molecule has 4 rings (SSSR count). The lowest BCUT2D eigenvalue weighted by molar-refractivity contribution is -0.233. The summed E-state index contributed by atoms with van der Waals surface area (Å²) in [6.45, 7) is 0.768. The summed E-state index contributed by atoms with van der Waals surface area (Å²) in [4.78, 5) is 59.9. The van der Waals surface area contributed by atoms with E-state index in [-0.39, 0.29) is 28.5 Å². The van der Waals surface area contributed by atoms with Gasteiger partial charge >= 0.3 is 0 Å². The quantitative estimate of drug-likeness (QED) is 0.152. The maximum atomic E-state index is 12.5. The van der Waals surface area contributed by atoms with Crippen molar-refractivity contribution >= 4 is 45.7 Å². The van der Waals surface area contributed by atoms with Crippen molar-refractivity contribution in [1.29, 1.82) is 0 Å². The third-order valence-electron chi connectivity index (χ3n) is 6.24. The van der Waals surface area contributed by atoms with Gasteiger partial charge in [-0.05, 0) is 17.5 Å². The Morgan fingerprint density at radius 3 is 2.44 bits per heavy atom. The maximum absolute atomic E-state index is 12.5. The van der Waals surface area contributed by atoms with Crippen LogP contribution in [0, 0.1) is 0 Å². The van der Waals surface area contributed by atoms with E-state index in [1.54, 1.807) is 12.1 Å². The molecule has 1 fully saturated rings. The lowest BCUT2D eigenvalue weighted by atomic mass is 10.1. The molecule has 3 aromatic rings. The Kier molecular flexibility index (Phi) is 10.2. The molecule has 1 saturated heterocycles. The fourth-order valence-electron chi connectivity index (χ4n) is 4.31. The van der Waals surface area contributed by atoms with Crippen LogP contribution >= 0.6 is 22.8 Å². The van der Waals surface area contributed by atoms with Crippen LogP contribution in [0.25, 0.3) is 11.2 Å². The summed E-state index contributed by atoms with van der Waals surface area (Å²) in [6, 6.07) is 6.16. The smallest absolute Gasteiger partial charge is 0.272 e. The number of ether oxygens (including phenoxy) is 1. The van der Waals surface area contributed by atoms with Crippen molar-refractivity contribution in [1.82, 2.24) is 24.8 Å². The number of carbonyl (C=O) groups excluding carboxylic acids is 1. The Hall–Kier alpha value is -2.59. The van der Waals surface area contributed by atoms with Gasteiger partial charge in [0.1, 0.15) is 37.8 Å². The monoisotopic (exact) mass is 661 g/mol. The van der Waals surface area contributed by atoms with Gasteiger partial charge in [0.2, 0.25) is 5.91 Å². The number of aliphatic hydroxyl groups is 2. The van der Waals surface area contributed by atoms with Gasteiger partial charge in [0.05, 0.1) is 18.8 Å². The van der Waals surface area contributed by atoms with E-state index in [2.05, 4.69) is 29.1 Å². The number of amides is 1. The van der Waals surface area contributed by atoms with Gasteiger partial charge < -0.3 is 54.3 Å². The Morgan fingerprint density at radius 2 is 1.77 bits per heavy atom. The summed E-state index contributed by atoms with van der Waals surface area (Å²) in [5.74, 6) is -1.76. The number of rotatable bonds is 13. The first-order chi connectivity index (χ1) is 20.1. The molecule has 1 aliphatic heterocycles. The number of hydrogen-bond donors (Lipinski definition) is 4. The largest absolute Gasteiger partial charge is 0.799 e. The van der Waals surface area contributed by atoms with Crippen molar-refractivity contribution in [3.05, 3.63) is 48.0 Å². The predicted molar refractivity (Wildman–Crippen MR) is 143 cm³/mol. The number of nitrogens with zero attached hydrogens (tertiary/aromatic N) is 4. The Bertz CT molecular complexity index is 1600. The normalized spacial score (nSPS) is 24.7. The summed E-state index contributed by atoms with van der Waals surface area (Å²) in [5.41, 5.74) is 7.12. The molecule has 21 heteroatoms. The van der Waals surface area contributed by atoms with Gasteiger partial charge in [0, 0.05) is 27.0 Å². The van der Waals surface area contributed by atoms with E-state index < -0.39 is 66.0 Å². The number of phosphoric acid groups is 1. The minimum atomic E-state index is -5.68. The molecule has 43 heavy (non-hydrogen) atoms. The Labute approximate surface area is 244 Å². The van der Waals surface area contributed by atoms with Gasteiger partial charge in [-0.3, -0.25) is 18.2 Å². The van der Waals surface area contributed by atoms with E-state index in [1.165, 1.54) is 30.0 Å². The molecule has 0 bridgehead atoms. The molecular formula is C22H28N6O12P3-3. The molecule has 1 aromatic carbocycles. The van der Waals surface area contributed by atoms with Crippen LogP contribution in [-0.4, -0.2) is 73.0 Å². The molecule has 18 nitrogen and oxygen atoms in total. The van der Waals surface area contributed by atoms with Crippen molar-refractivity contribution < 1.29 is 57.0 Å². The molecule has 0 spiro atoms. The molecule has 0 radical (unpaired) electrons. The van der Waals surface area contributed by atoms with Gasteiger partial charge in [0.15, 0.2) is 17.7 Å². The highest BCUT2D eigenvalue weighted by Crippen LogP contribution is 2.62. The lowest BCUT2D eigenvalue weighted by Crippen LogP contribution is -2.34. The SMILES string of the molecule is CC(=O)NCCc1ccc(CP(=O)([O-])CP(=O)([O-])OP(=O)([O-])OCC2OC(n3cnc4c(N)ncnc43)C(O)C2O)cc1. The minimum absolute atomic E-state index is 0.0407. The van der Waals surface area contributed by atoms with E-state index in [9.17, 15) is 43.4 Å². The number of fused-ring (bicyclic) bond motifs is 1. The molecule has 3 heterocycles. The summed E-state index contributed by atoms with van der Waals surface area (Å²) < 4.78 is 52.5. The number of nitrogens with two attached hydrogens (primary N) is 1. The summed E-state index contributed by atoms with van der Waals surface area (Å²) in [5, 5.41) is 23.4. The van der Waals surface area contributed by atoms with E-state index in [0.29, 0.717) is 13.0 Å². The molecule has 0 aliphatic carbocycles. The van der Waals surface area contributed by atoms with Crippen molar-refractivity contribution in [2.75, 3.05) is 24.8 Å². The van der Waals surface area contributed by atoms with E-state index in [1.807, 2.05) is 0 Å². The summed E-state index contributed by atoms with van der Waals surface area (Å²) in [7, 11) is -16.0. The number of nitrogens with one attached hydrogen (secondary N) is 1. The lowest BCUT2D eigenvalue weighted by Gasteiger charge is -2.35. The first kappa shape index (κ1) is 33.3. The number of aromatic nitrogens is 4. The van der Waals surface area contributed by atoms with E-state index in [0.717, 1.165) is 11.9 Å². The fourth-order valence-corrected chi connectivity index (χ4v) is 9.99. The topological polar surface area (TPSA) is 287 Å². The molecule has 7 unspecified atom stereocenters. The zero-order valence-electron chi connectivity index (χ0n) is 22.5. The van der Waals surface area contributed by atoms with Gasteiger partial charge in [-0.15, -0.1) is 0 Å². The third-order valence-corrected chi connectivity index (χ3v) is 12.5. The van der Waals surface area contributed by atoms with Crippen LogP contribution in [-0.2, 0) is 44.6 Å². The van der Waals surface area contributed by atoms with Crippen LogP contribution < -0.4 is 25.7 Å². The molecule has 0 saturated carbocycles. The number of nitrogen functional groups attached to an aromatic ring is 1. The molecule has 7 atom stereocenters. The molecule has 5 N–H and O–H groups in total. The Morgan fingerprint density at radius 1 is 1.09 bits per heavy atom. The molecule has 236 valence electrons. The van der Waals surface area contributed by atoms with E-state index >= 15 is 0 Å². The van der Waals surface area contributed by atoms with Gasteiger partial charge in [-0.25, -0.2) is 15.0 Å². The first-order valence-electron chi connectivity index (χ1n) is 12.6.